The molecule has 2 aliphatic heterocycles. The number of benzene rings is 1. The summed E-state index contributed by atoms with van der Waals surface area (Å²) in [5.41, 5.74) is -0.569. The Morgan fingerprint density at radius 2 is 1.90 bits per heavy atom. The van der Waals surface area contributed by atoms with Crippen molar-refractivity contribution in [3.8, 4) is 6.19 Å². The number of carbonyl (C=O) groups excluding carboxylic acids is 2. The Hall–Kier alpha value is -3.48. The number of carbonyl (C=O) groups is 2. The Morgan fingerprint density at radius 1 is 1.21 bits per heavy atom. The molecule has 0 aliphatic carbocycles. The predicted molar refractivity (Wildman–Crippen MR) is 145 cm³/mol. The lowest BCUT2D eigenvalue weighted by atomic mass is 9.93. The summed E-state index contributed by atoms with van der Waals surface area (Å²) in [6.45, 7) is 4.17. The standard InChI is InChI=1S/C27H32F5N5O4S/c1-27(2)14-19(10-12-41-27)35-25(38)24(18-5-4-11-34-15-18)37(26(39)23-13-21(40-3)16-36(23)17-33)20-6-8-22(9-7-20)42(28,29,30,31)32/h4-9,11,15,19,21,23-24H,10,12-14,16H2,1-3H3,(H,35,38). The Morgan fingerprint density at radius 3 is 2.45 bits per heavy atom. The minimum absolute atomic E-state index is 0.0540. The average Bonchev–Trinajstić information content (AvgIpc) is 3.34. The third kappa shape index (κ3) is 7.11. The number of halogens is 5. The van der Waals surface area contributed by atoms with Gasteiger partial charge in [0.05, 0.1) is 18.2 Å². The number of pyridine rings is 1. The maximum Gasteiger partial charge on any atom is 0.310 e. The van der Waals surface area contributed by atoms with Crippen LogP contribution in [0, 0.1) is 11.5 Å². The van der Waals surface area contributed by atoms with Gasteiger partial charge in [0.2, 0.25) is 5.91 Å². The van der Waals surface area contributed by atoms with E-state index in [1.54, 1.807) is 0 Å². The lowest BCUT2D eigenvalue weighted by Gasteiger charge is -2.41. The number of hydrogen-bond donors (Lipinski definition) is 1. The van der Waals surface area contributed by atoms with Gasteiger partial charge in [-0.15, -0.1) is 0 Å². The van der Waals surface area contributed by atoms with E-state index in [0.717, 1.165) is 21.9 Å². The summed E-state index contributed by atoms with van der Waals surface area (Å²) in [7, 11) is -8.62. The predicted octanol–water partition coefficient (Wildman–Crippen LogP) is 5.46. The van der Waals surface area contributed by atoms with Crippen molar-refractivity contribution in [1.29, 1.82) is 5.26 Å². The average molecular weight is 618 g/mol. The smallest absolute Gasteiger partial charge is 0.310 e. The van der Waals surface area contributed by atoms with Crippen LogP contribution >= 0.6 is 10.2 Å². The van der Waals surface area contributed by atoms with E-state index in [9.17, 15) is 34.3 Å². The number of hydrogen-bond acceptors (Lipinski definition) is 7. The molecule has 2 aromatic rings. The van der Waals surface area contributed by atoms with Gasteiger partial charge in [0.1, 0.15) is 17.0 Å². The lowest BCUT2D eigenvalue weighted by molar-refractivity contribution is -0.130. The molecule has 0 radical (unpaired) electrons. The van der Waals surface area contributed by atoms with Gasteiger partial charge in [0, 0.05) is 49.8 Å². The van der Waals surface area contributed by atoms with Crippen LogP contribution in [0.2, 0.25) is 0 Å². The van der Waals surface area contributed by atoms with Gasteiger partial charge >= 0.3 is 10.2 Å². The summed E-state index contributed by atoms with van der Waals surface area (Å²) in [6.07, 6.45) is 5.16. The zero-order valence-corrected chi connectivity index (χ0v) is 24.0. The first-order valence-corrected chi connectivity index (χ1v) is 15.1. The summed E-state index contributed by atoms with van der Waals surface area (Å²) in [5.74, 6) is -1.46. The number of nitriles is 1. The molecule has 1 aromatic heterocycles. The summed E-state index contributed by atoms with van der Waals surface area (Å²) in [6, 6.07) is 1.89. The SMILES string of the molecule is COC1CC(C(=O)N(c2ccc(S(F)(F)(F)(F)F)cc2)C(C(=O)NC2CCOC(C)(C)C2)c2cccnc2)N(C#N)C1. The number of likely N-dealkylation sites (tertiary alicyclic amines) is 1. The van der Waals surface area contributed by atoms with Crippen molar-refractivity contribution in [3.05, 3.63) is 54.4 Å². The minimum atomic E-state index is -10.0. The molecule has 9 nitrogen and oxygen atoms in total. The van der Waals surface area contributed by atoms with Crippen LogP contribution in [0.4, 0.5) is 25.1 Å². The van der Waals surface area contributed by atoms with Crippen molar-refractivity contribution >= 4 is 27.7 Å². The number of ether oxygens (including phenoxy) is 2. The molecule has 4 atom stereocenters. The largest absolute Gasteiger partial charge is 0.379 e. The van der Waals surface area contributed by atoms with Crippen LogP contribution in [0.15, 0.2) is 53.7 Å². The van der Waals surface area contributed by atoms with E-state index in [4.69, 9.17) is 9.47 Å². The van der Waals surface area contributed by atoms with Gasteiger partial charge in [-0.05, 0) is 57.0 Å². The van der Waals surface area contributed by atoms with E-state index in [0.29, 0.717) is 19.4 Å². The molecule has 3 heterocycles. The molecule has 42 heavy (non-hydrogen) atoms. The number of aromatic nitrogens is 1. The fraction of sp³-hybridized carbons (Fsp3) is 0.481. The van der Waals surface area contributed by atoms with E-state index < -0.39 is 50.7 Å². The van der Waals surface area contributed by atoms with Crippen molar-refractivity contribution in [1.82, 2.24) is 15.2 Å². The fourth-order valence-electron chi connectivity index (χ4n) is 5.33. The van der Waals surface area contributed by atoms with Gasteiger partial charge in [-0.3, -0.25) is 24.4 Å². The number of nitrogens with one attached hydrogen (secondary N) is 1. The highest BCUT2D eigenvalue weighted by Crippen LogP contribution is 3.02. The first kappa shape index (κ1) is 31.5. The second-order valence-corrected chi connectivity index (χ2v) is 13.4. The molecule has 4 rings (SSSR count). The summed E-state index contributed by atoms with van der Waals surface area (Å²) in [5, 5.41) is 12.6. The number of anilines is 1. The van der Waals surface area contributed by atoms with Crippen molar-refractivity contribution in [2.75, 3.05) is 25.2 Å². The molecule has 15 heteroatoms. The van der Waals surface area contributed by atoms with Crippen molar-refractivity contribution < 1.29 is 38.5 Å². The highest BCUT2D eigenvalue weighted by Gasteiger charge is 2.65. The zero-order valence-electron chi connectivity index (χ0n) is 23.2. The van der Waals surface area contributed by atoms with Crippen molar-refractivity contribution in [3.63, 3.8) is 0 Å². The van der Waals surface area contributed by atoms with E-state index in [1.807, 2.05) is 20.0 Å². The fourth-order valence-corrected chi connectivity index (χ4v) is 5.98. The van der Waals surface area contributed by atoms with E-state index in [-0.39, 0.29) is 42.4 Å². The third-order valence-corrected chi connectivity index (χ3v) is 8.52. The zero-order chi connectivity index (χ0) is 31.0. The van der Waals surface area contributed by atoms with Crippen LogP contribution in [0.1, 0.15) is 44.7 Å². The van der Waals surface area contributed by atoms with E-state index in [2.05, 4.69) is 10.3 Å². The molecule has 230 valence electrons. The van der Waals surface area contributed by atoms with Crippen LogP contribution in [-0.4, -0.2) is 65.7 Å². The van der Waals surface area contributed by atoms with Crippen LogP contribution < -0.4 is 10.2 Å². The first-order chi connectivity index (χ1) is 19.4. The maximum atomic E-state index is 14.2. The molecule has 0 spiro atoms. The topological polar surface area (TPSA) is 108 Å². The molecule has 4 unspecified atom stereocenters. The van der Waals surface area contributed by atoms with Gasteiger partial charge in [-0.25, -0.2) is 0 Å². The van der Waals surface area contributed by atoms with Crippen LogP contribution in [0.25, 0.3) is 0 Å². The minimum Gasteiger partial charge on any atom is -0.379 e. The molecule has 2 amide bonds. The number of amides is 2. The van der Waals surface area contributed by atoms with E-state index >= 15 is 0 Å². The highest BCUT2D eigenvalue weighted by atomic mass is 32.5. The van der Waals surface area contributed by atoms with Gasteiger partial charge in [-0.2, -0.15) is 5.26 Å². The Balaban J connectivity index is 1.82. The number of methoxy groups -OCH3 is 1. The first-order valence-electron chi connectivity index (χ1n) is 13.1. The van der Waals surface area contributed by atoms with Gasteiger partial charge < -0.3 is 14.8 Å². The Labute approximate surface area is 240 Å². The Kier molecular flexibility index (Phi) is 7.98. The molecule has 2 aliphatic rings. The number of nitrogens with zero attached hydrogens (tertiary/aromatic N) is 4. The van der Waals surface area contributed by atoms with Crippen LogP contribution in [0.3, 0.4) is 0 Å². The molecular formula is C27H32F5N5O4S. The van der Waals surface area contributed by atoms with Gasteiger partial charge in [0.15, 0.2) is 6.19 Å². The molecule has 2 fully saturated rings. The quantitative estimate of drug-likeness (QED) is 0.310. The number of rotatable bonds is 8. The lowest BCUT2D eigenvalue weighted by Crippen LogP contribution is -2.53. The normalized spacial score (nSPS) is 24.5. The van der Waals surface area contributed by atoms with Crippen LogP contribution in [0.5, 0.6) is 0 Å². The molecule has 2 saturated heterocycles. The monoisotopic (exact) mass is 617 g/mol. The van der Waals surface area contributed by atoms with Gasteiger partial charge in [0.25, 0.3) is 5.91 Å². The summed E-state index contributed by atoms with van der Waals surface area (Å²) in [4.78, 5) is 32.2. The summed E-state index contributed by atoms with van der Waals surface area (Å²) < 4.78 is 78.6. The van der Waals surface area contributed by atoms with E-state index in [1.165, 1.54) is 31.6 Å². The molecular weight excluding hydrogens is 585 g/mol. The Bertz CT molecular complexity index is 1360. The third-order valence-electron chi connectivity index (χ3n) is 7.36. The molecule has 1 N–H and O–H groups in total. The van der Waals surface area contributed by atoms with Crippen LogP contribution in [-0.2, 0) is 19.1 Å². The second-order valence-electron chi connectivity index (χ2n) is 11.0. The molecule has 0 bridgehead atoms. The van der Waals surface area contributed by atoms with Crippen molar-refractivity contribution in [2.24, 2.45) is 0 Å². The highest BCUT2D eigenvalue weighted by molar-refractivity contribution is 8.45. The summed E-state index contributed by atoms with van der Waals surface area (Å²) >= 11 is 0. The second kappa shape index (κ2) is 10.7. The van der Waals surface area contributed by atoms with Crippen molar-refractivity contribution in [2.45, 2.75) is 67.8 Å². The molecule has 0 saturated carbocycles. The molecule has 1 aromatic carbocycles. The van der Waals surface area contributed by atoms with Gasteiger partial charge in [-0.1, -0.05) is 25.5 Å². The maximum absolute atomic E-state index is 14.2.